The monoisotopic (exact) mass is 282 g/mol. The van der Waals surface area contributed by atoms with Gasteiger partial charge < -0.3 is 10.6 Å². The summed E-state index contributed by atoms with van der Waals surface area (Å²) in [6.07, 6.45) is 0. The van der Waals surface area contributed by atoms with Gasteiger partial charge in [0, 0.05) is 24.3 Å². The van der Waals surface area contributed by atoms with Gasteiger partial charge in [-0.15, -0.1) is 0 Å². The second kappa shape index (κ2) is 6.44. The predicted molar refractivity (Wildman–Crippen MR) is 87.2 cm³/mol. The molecule has 0 aromatic heterocycles. The van der Waals surface area contributed by atoms with Crippen molar-refractivity contribution in [1.82, 2.24) is 4.90 Å². The van der Waals surface area contributed by atoms with Crippen molar-refractivity contribution in [3.8, 4) is 0 Å². The van der Waals surface area contributed by atoms with Crippen molar-refractivity contribution < 1.29 is 4.79 Å². The second-order valence-electron chi connectivity index (χ2n) is 5.33. The fourth-order valence-corrected chi connectivity index (χ4v) is 2.41. The summed E-state index contributed by atoms with van der Waals surface area (Å²) >= 11 is 0. The van der Waals surface area contributed by atoms with Crippen LogP contribution in [0.3, 0.4) is 0 Å². The van der Waals surface area contributed by atoms with Crippen LogP contribution in [0.4, 0.5) is 5.69 Å². The molecule has 0 aliphatic carbocycles. The molecule has 0 bridgehead atoms. The number of carbonyl (C=O) groups is 1. The highest BCUT2D eigenvalue weighted by atomic mass is 16.2. The van der Waals surface area contributed by atoms with Gasteiger partial charge >= 0.3 is 0 Å². The van der Waals surface area contributed by atoms with E-state index < -0.39 is 0 Å². The minimum atomic E-state index is 0.0313. The lowest BCUT2D eigenvalue weighted by atomic mass is 10.0. The molecule has 0 unspecified atom stereocenters. The molecule has 0 atom stereocenters. The van der Waals surface area contributed by atoms with Gasteiger partial charge in [-0.2, -0.15) is 0 Å². The first-order valence-corrected chi connectivity index (χ1v) is 7.22. The highest BCUT2D eigenvalue weighted by molar-refractivity contribution is 5.96. The Hall–Kier alpha value is -2.29. The van der Waals surface area contributed by atoms with Crippen LogP contribution >= 0.6 is 0 Å². The maximum atomic E-state index is 12.7. The maximum Gasteiger partial charge on any atom is 0.254 e. The molecular formula is C18H22N2O. The van der Waals surface area contributed by atoms with Crippen molar-refractivity contribution in [3.63, 3.8) is 0 Å². The summed E-state index contributed by atoms with van der Waals surface area (Å²) < 4.78 is 0. The molecule has 0 aliphatic heterocycles. The molecule has 2 rings (SSSR count). The van der Waals surface area contributed by atoms with Gasteiger partial charge in [-0.25, -0.2) is 0 Å². The van der Waals surface area contributed by atoms with E-state index in [1.165, 1.54) is 5.56 Å². The first-order valence-electron chi connectivity index (χ1n) is 7.22. The van der Waals surface area contributed by atoms with E-state index in [9.17, 15) is 4.79 Å². The van der Waals surface area contributed by atoms with E-state index in [4.69, 9.17) is 5.73 Å². The Kier molecular flexibility index (Phi) is 4.63. The highest BCUT2D eigenvalue weighted by Gasteiger charge is 2.17. The van der Waals surface area contributed by atoms with Gasteiger partial charge in [-0.05, 0) is 44.0 Å². The van der Waals surface area contributed by atoms with Crippen LogP contribution in [0, 0.1) is 13.8 Å². The van der Waals surface area contributed by atoms with E-state index in [0.717, 1.165) is 11.1 Å². The van der Waals surface area contributed by atoms with Crippen LogP contribution in [0.25, 0.3) is 0 Å². The van der Waals surface area contributed by atoms with Gasteiger partial charge in [-0.3, -0.25) is 4.79 Å². The van der Waals surface area contributed by atoms with Crippen molar-refractivity contribution in [3.05, 3.63) is 64.7 Å². The number of anilines is 1. The summed E-state index contributed by atoms with van der Waals surface area (Å²) in [6.45, 7) is 7.23. The molecule has 3 heteroatoms. The minimum Gasteiger partial charge on any atom is -0.398 e. The van der Waals surface area contributed by atoms with Crippen molar-refractivity contribution in [2.75, 3.05) is 12.3 Å². The van der Waals surface area contributed by atoms with Gasteiger partial charge in [0.2, 0.25) is 0 Å². The number of amides is 1. The molecule has 0 saturated carbocycles. The molecule has 0 radical (unpaired) electrons. The van der Waals surface area contributed by atoms with Crippen LogP contribution in [-0.2, 0) is 6.54 Å². The molecule has 2 aromatic rings. The number of hydrogen-bond acceptors (Lipinski definition) is 2. The van der Waals surface area contributed by atoms with Gasteiger partial charge in [0.05, 0.1) is 0 Å². The normalized spacial score (nSPS) is 10.4. The minimum absolute atomic E-state index is 0.0313. The third kappa shape index (κ3) is 3.43. The van der Waals surface area contributed by atoms with Crippen LogP contribution in [0.15, 0.2) is 42.5 Å². The number of aryl methyl sites for hydroxylation is 1. The Balaban J connectivity index is 2.25. The molecule has 0 aliphatic rings. The highest BCUT2D eigenvalue weighted by Crippen LogP contribution is 2.18. The molecule has 1 amide bonds. The topological polar surface area (TPSA) is 46.3 Å². The fourth-order valence-electron chi connectivity index (χ4n) is 2.41. The van der Waals surface area contributed by atoms with E-state index in [1.54, 1.807) is 0 Å². The average molecular weight is 282 g/mol. The zero-order valence-electron chi connectivity index (χ0n) is 12.9. The summed E-state index contributed by atoms with van der Waals surface area (Å²) in [4.78, 5) is 14.6. The van der Waals surface area contributed by atoms with Gasteiger partial charge in [-0.1, -0.05) is 35.9 Å². The lowest BCUT2D eigenvalue weighted by Gasteiger charge is -2.22. The number of rotatable bonds is 4. The second-order valence-corrected chi connectivity index (χ2v) is 5.33. The van der Waals surface area contributed by atoms with Crippen molar-refractivity contribution in [1.29, 1.82) is 0 Å². The number of nitrogens with zero attached hydrogens (tertiary/aromatic N) is 1. The first-order chi connectivity index (χ1) is 10.0. The quantitative estimate of drug-likeness (QED) is 0.872. The molecule has 0 fully saturated rings. The van der Waals surface area contributed by atoms with Gasteiger partial charge in [0.1, 0.15) is 0 Å². The fraction of sp³-hybridized carbons (Fsp3) is 0.278. The zero-order valence-corrected chi connectivity index (χ0v) is 12.9. The Morgan fingerprint density at radius 3 is 2.52 bits per heavy atom. The van der Waals surface area contributed by atoms with Crippen LogP contribution in [0.2, 0.25) is 0 Å². The Morgan fingerprint density at radius 1 is 1.14 bits per heavy atom. The van der Waals surface area contributed by atoms with Crippen molar-refractivity contribution in [2.24, 2.45) is 0 Å². The number of hydrogen-bond donors (Lipinski definition) is 1. The molecule has 0 spiro atoms. The van der Waals surface area contributed by atoms with Crippen molar-refractivity contribution >= 4 is 11.6 Å². The molecule has 2 aromatic carbocycles. The van der Waals surface area contributed by atoms with Crippen LogP contribution < -0.4 is 5.73 Å². The first kappa shape index (κ1) is 15.1. The largest absolute Gasteiger partial charge is 0.398 e. The summed E-state index contributed by atoms with van der Waals surface area (Å²) in [5, 5.41) is 0. The number of carbonyl (C=O) groups excluding carboxylic acids is 1. The lowest BCUT2D eigenvalue weighted by molar-refractivity contribution is 0.0752. The van der Waals surface area contributed by atoms with Crippen LogP contribution in [-0.4, -0.2) is 17.4 Å². The van der Waals surface area contributed by atoms with Gasteiger partial charge in [0.15, 0.2) is 0 Å². The van der Waals surface area contributed by atoms with E-state index >= 15 is 0 Å². The molecule has 21 heavy (non-hydrogen) atoms. The van der Waals surface area contributed by atoms with Crippen LogP contribution in [0.5, 0.6) is 0 Å². The zero-order chi connectivity index (χ0) is 15.4. The lowest BCUT2D eigenvalue weighted by Crippen LogP contribution is -2.31. The molecule has 0 heterocycles. The van der Waals surface area contributed by atoms with E-state index in [2.05, 4.69) is 25.1 Å². The number of benzene rings is 2. The Labute approximate surface area is 126 Å². The summed E-state index contributed by atoms with van der Waals surface area (Å²) in [6, 6.07) is 13.7. The Morgan fingerprint density at radius 2 is 1.86 bits per heavy atom. The summed E-state index contributed by atoms with van der Waals surface area (Å²) in [5.41, 5.74) is 10.4. The maximum absolute atomic E-state index is 12.7. The van der Waals surface area contributed by atoms with Gasteiger partial charge in [0.25, 0.3) is 5.91 Å². The van der Waals surface area contributed by atoms with E-state index in [0.29, 0.717) is 24.3 Å². The molecule has 3 nitrogen and oxygen atoms in total. The molecule has 2 N–H and O–H groups in total. The summed E-state index contributed by atoms with van der Waals surface area (Å²) in [7, 11) is 0. The Bertz CT molecular complexity index is 649. The molecule has 110 valence electrons. The summed E-state index contributed by atoms with van der Waals surface area (Å²) in [5.74, 6) is 0.0313. The molecular weight excluding hydrogens is 260 g/mol. The standard InChI is InChI=1S/C18H22N2O/c1-4-20(12-15-8-5-7-13(2)11-15)18(21)16-9-6-10-17(19)14(16)3/h5-11H,4,12,19H2,1-3H3. The van der Waals surface area contributed by atoms with E-state index in [1.807, 2.05) is 43.0 Å². The van der Waals surface area contributed by atoms with Crippen molar-refractivity contribution in [2.45, 2.75) is 27.3 Å². The third-order valence-corrected chi connectivity index (χ3v) is 3.73. The SMILES string of the molecule is CCN(Cc1cccc(C)c1)C(=O)c1cccc(N)c1C. The molecule has 0 saturated heterocycles. The number of nitrogen functional groups attached to an aromatic ring is 1. The van der Waals surface area contributed by atoms with Crippen LogP contribution in [0.1, 0.15) is 34.0 Å². The average Bonchev–Trinajstić information content (AvgIpc) is 2.47. The third-order valence-electron chi connectivity index (χ3n) is 3.73. The number of nitrogens with two attached hydrogens (primary N) is 1. The predicted octanol–water partition coefficient (Wildman–Crippen LogP) is 3.55. The smallest absolute Gasteiger partial charge is 0.254 e. The van der Waals surface area contributed by atoms with E-state index in [-0.39, 0.29) is 5.91 Å².